The van der Waals surface area contributed by atoms with Crippen LogP contribution in [0, 0.1) is 6.92 Å². The maximum Gasteiger partial charge on any atom is 0.117 e. The fraction of sp³-hybridized carbons (Fsp3) is 0.500. The molecule has 72 valence electrons. The first-order chi connectivity index (χ1) is 6.24. The molecule has 0 aliphatic heterocycles. The summed E-state index contributed by atoms with van der Waals surface area (Å²) in [6.45, 7) is 1.65. The van der Waals surface area contributed by atoms with E-state index in [1.807, 2.05) is 6.92 Å². The number of thioether (sulfide) groups is 1. The smallest absolute Gasteiger partial charge is 0.117 e. The molecule has 1 heterocycles. The molecule has 0 amide bonds. The van der Waals surface area contributed by atoms with Crippen molar-refractivity contribution in [1.82, 2.24) is 9.97 Å². The Morgan fingerprint density at radius 3 is 2.77 bits per heavy atom. The van der Waals surface area contributed by atoms with Crippen LogP contribution in [-0.2, 0) is 0 Å². The monoisotopic (exact) mass is 200 g/mol. The van der Waals surface area contributed by atoms with Gasteiger partial charge in [0.25, 0.3) is 0 Å². The van der Waals surface area contributed by atoms with Gasteiger partial charge in [-0.15, -0.1) is 11.8 Å². The molecule has 0 aliphatic carbocycles. The second-order valence-corrected chi connectivity index (χ2v) is 3.60. The van der Waals surface area contributed by atoms with Crippen LogP contribution < -0.4 is 0 Å². The van der Waals surface area contributed by atoms with Gasteiger partial charge in [-0.2, -0.15) is 0 Å². The van der Waals surface area contributed by atoms with Crippen molar-refractivity contribution in [2.75, 3.05) is 12.4 Å². The summed E-state index contributed by atoms with van der Waals surface area (Å²) in [4.78, 5) is 8.15. The van der Waals surface area contributed by atoms with Gasteiger partial charge in [-0.25, -0.2) is 4.98 Å². The van der Waals surface area contributed by atoms with Crippen LogP contribution in [0.5, 0.6) is 0 Å². The maximum atomic E-state index is 9.09. The van der Waals surface area contributed by atoms with Gasteiger partial charge in [0.1, 0.15) is 5.03 Å². The van der Waals surface area contributed by atoms with Crippen molar-refractivity contribution in [3.63, 3.8) is 0 Å². The van der Waals surface area contributed by atoms with Crippen LogP contribution in [0.2, 0.25) is 0 Å². The molecule has 0 bridgehead atoms. The SMILES string of the molecule is Cc1nccnc1SCC(O)CO. The zero-order valence-electron chi connectivity index (χ0n) is 7.34. The van der Waals surface area contributed by atoms with Gasteiger partial charge in [-0.1, -0.05) is 0 Å². The Labute approximate surface area is 81.0 Å². The Balaban J connectivity index is 2.50. The van der Waals surface area contributed by atoms with Crippen LogP contribution >= 0.6 is 11.8 Å². The molecule has 0 saturated heterocycles. The lowest BCUT2D eigenvalue weighted by Gasteiger charge is -2.06. The molecule has 0 aromatic carbocycles. The fourth-order valence-electron chi connectivity index (χ4n) is 0.764. The summed E-state index contributed by atoms with van der Waals surface area (Å²) in [6, 6.07) is 0. The highest BCUT2D eigenvalue weighted by Crippen LogP contribution is 2.17. The van der Waals surface area contributed by atoms with E-state index in [1.165, 1.54) is 11.8 Å². The summed E-state index contributed by atoms with van der Waals surface area (Å²) in [6.07, 6.45) is 2.55. The molecule has 0 radical (unpaired) electrons. The summed E-state index contributed by atoms with van der Waals surface area (Å²) in [5, 5.41) is 18.5. The standard InChI is InChI=1S/C8H12N2O2S/c1-6-8(10-3-2-9-6)13-5-7(12)4-11/h2-3,7,11-12H,4-5H2,1H3. The zero-order chi connectivity index (χ0) is 9.68. The predicted octanol–water partition coefficient (Wildman–Crippen LogP) is 0.230. The largest absolute Gasteiger partial charge is 0.394 e. The average Bonchev–Trinajstić information content (AvgIpc) is 2.16. The van der Waals surface area contributed by atoms with E-state index in [0.29, 0.717) is 5.75 Å². The summed E-state index contributed by atoms with van der Waals surface area (Å²) in [5.74, 6) is 0.441. The van der Waals surface area contributed by atoms with Gasteiger partial charge in [0.05, 0.1) is 18.4 Å². The Kier molecular flexibility index (Phi) is 4.14. The lowest BCUT2D eigenvalue weighted by atomic mass is 10.4. The molecule has 13 heavy (non-hydrogen) atoms. The highest BCUT2D eigenvalue weighted by atomic mass is 32.2. The number of rotatable bonds is 4. The van der Waals surface area contributed by atoms with E-state index in [0.717, 1.165) is 10.7 Å². The van der Waals surface area contributed by atoms with Crippen LogP contribution in [0.25, 0.3) is 0 Å². The molecule has 1 aromatic rings. The lowest BCUT2D eigenvalue weighted by Crippen LogP contribution is -2.14. The van der Waals surface area contributed by atoms with Crippen LogP contribution in [0.4, 0.5) is 0 Å². The maximum absolute atomic E-state index is 9.09. The molecule has 1 rings (SSSR count). The van der Waals surface area contributed by atoms with Crippen LogP contribution in [0.15, 0.2) is 17.4 Å². The van der Waals surface area contributed by atoms with Gasteiger partial charge in [-0.05, 0) is 6.92 Å². The van der Waals surface area contributed by atoms with Crippen molar-refractivity contribution in [2.45, 2.75) is 18.1 Å². The van der Waals surface area contributed by atoms with E-state index in [-0.39, 0.29) is 6.61 Å². The van der Waals surface area contributed by atoms with Crippen molar-refractivity contribution in [1.29, 1.82) is 0 Å². The average molecular weight is 200 g/mol. The topological polar surface area (TPSA) is 66.2 Å². The molecule has 0 saturated carbocycles. The molecule has 0 spiro atoms. The van der Waals surface area contributed by atoms with E-state index in [9.17, 15) is 0 Å². The van der Waals surface area contributed by atoms with E-state index in [4.69, 9.17) is 10.2 Å². The van der Waals surface area contributed by atoms with Crippen LogP contribution in [0.1, 0.15) is 5.69 Å². The van der Waals surface area contributed by atoms with Gasteiger partial charge in [-0.3, -0.25) is 4.98 Å². The normalized spacial score (nSPS) is 12.8. The first-order valence-electron chi connectivity index (χ1n) is 3.93. The van der Waals surface area contributed by atoms with E-state index < -0.39 is 6.10 Å². The molecule has 1 unspecified atom stereocenters. The molecule has 5 heteroatoms. The first-order valence-corrected chi connectivity index (χ1v) is 4.92. The Hall–Kier alpha value is -0.650. The minimum Gasteiger partial charge on any atom is -0.394 e. The van der Waals surface area contributed by atoms with Gasteiger partial charge < -0.3 is 10.2 Å². The molecular weight excluding hydrogens is 188 g/mol. The predicted molar refractivity (Wildman–Crippen MR) is 50.6 cm³/mol. The fourth-order valence-corrected chi connectivity index (χ4v) is 1.62. The molecule has 0 aliphatic rings. The van der Waals surface area contributed by atoms with Crippen molar-refractivity contribution in [2.24, 2.45) is 0 Å². The van der Waals surface area contributed by atoms with Crippen molar-refractivity contribution < 1.29 is 10.2 Å². The summed E-state index contributed by atoms with van der Waals surface area (Å²) >= 11 is 1.40. The van der Waals surface area contributed by atoms with Crippen LogP contribution in [-0.4, -0.2) is 38.6 Å². The highest BCUT2D eigenvalue weighted by Gasteiger charge is 2.05. The zero-order valence-corrected chi connectivity index (χ0v) is 8.16. The lowest BCUT2D eigenvalue weighted by molar-refractivity contribution is 0.113. The van der Waals surface area contributed by atoms with E-state index >= 15 is 0 Å². The second-order valence-electron chi connectivity index (χ2n) is 2.59. The van der Waals surface area contributed by atoms with Gasteiger partial charge in [0, 0.05) is 18.1 Å². The molecular formula is C8H12N2O2S. The quantitative estimate of drug-likeness (QED) is 0.681. The Morgan fingerprint density at radius 1 is 1.46 bits per heavy atom. The van der Waals surface area contributed by atoms with Crippen molar-refractivity contribution >= 4 is 11.8 Å². The Morgan fingerprint density at radius 2 is 2.15 bits per heavy atom. The third-order valence-corrected chi connectivity index (χ3v) is 2.69. The number of aliphatic hydroxyl groups is 2. The van der Waals surface area contributed by atoms with Gasteiger partial charge in [0.15, 0.2) is 0 Å². The third kappa shape index (κ3) is 3.30. The van der Waals surface area contributed by atoms with Gasteiger partial charge >= 0.3 is 0 Å². The number of aliphatic hydroxyl groups excluding tert-OH is 2. The molecule has 1 aromatic heterocycles. The number of aromatic nitrogens is 2. The highest BCUT2D eigenvalue weighted by molar-refractivity contribution is 7.99. The number of nitrogens with zero attached hydrogens (tertiary/aromatic N) is 2. The van der Waals surface area contributed by atoms with Crippen molar-refractivity contribution in [3.05, 3.63) is 18.1 Å². The molecule has 0 fully saturated rings. The summed E-state index contributed by atoms with van der Waals surface area (Å²) in [7, 11) is 0. The first kappa shape index (κ1) is 10.4. The minimum absolute atomic E-state index is 0.216. The molecule has 4 nitrogen and oxygen atoms in total. The minimum atomic E-state index is -0.689. The molecule has 1 atom stereocenters. The Bertz CT molecular complexity index is 270. The molecule has 2 N–H and O–H groups in total. The number of hydrogen-bond donors (Lipinski definition) is 2. The third-order valence-electron chi connectivity index (χ3n) is 1.46. The number of aryl methyl sites for hydroxylation is 1. The van der Waals surface area contributed by atoms with Crippen LogP contribution in [0.3, 0.4) is 0 Å². The van der Waals surface area contributed by atoms with E-state index in [2.05, 4.69) is 9.97 Å². The van der Waals surface area contributed by atoms with Gasteiger partial charge in [0.2, 0.25) is 0 Å². The number of hydrogen-bond acceptors (Lipinski definition) is 5. The summed E-state index contributed by atoms with van der Waals surface area (Å²) < 4.78 is 0. The van der Waals surface area contributed by atoms with Crippen molar-refractivity contribution in [3.8, 4) is 0 Å². The second kappa shape index (κ2) is 5.16. The summed E-state index contributed by atoms with van der Waals surface area (Å²) in [5.41, 5.74) is 0.845. The van der Waals surface area contributed by atoms with E-state index in [1.54, 1.807) is 12.4 Å².